The van der Waals surface area contributed by atoms with Gasteiger partial charge in [0.1, 0.15) is 6.04 Å². The van der Waals surface area contributed by atoms with Crippen molar-refractivity contribution in [3.63, 3.8) is 0 Å². The van der Waals surface area contributed by atoms with E-state index in [1.807, 2.05) is 0 Å². The first-order chi connectivity index (χ1) is 7.99. The first-order valence-electron chi connectivity index (χ1n) is 5.42. The zero-order valence-corrected chi connectivity index (χ0v) is 9.70. The molecule has 1 aliphatic rings. The molecule has 0 saturated carbocycles. The summed E-state index contributed by atoms with van der Waals surface area (Å²) in [4.78, 5) is 24.0. The van der Waals surface area contributed by atoms with Crippen LogP contribution in [0.4, 0.5) is 0 Å². The van der Waals surface area contributed by atoms with Crippen LogP contribution in [0.25, 0.3) is 0 Å². The maximum absolute atomic E-state index is 11.8. The van der Waals surface area contributed by atoms with E-state index in [1.165, 1.54) is 12.0 Å². The van der Waals surface area contributed by atoms with Crippen molar-refractivity contribution in [2.75, 3.05) is 20.2 Å². The molecular formula is C10H18N2O5. The highest BCUT2D eigenvalue weighted by atomic mass is 16.5. The molecule has 1 rings (SSSR count). The van der Waals surface area contributed by atoms with Gasteiger partial charge >= 0.3 is 5.97 Å². The maximum atomic E-state index is 11.8. The van der Waals surface area contributed by atoms with Gasteiger partial charge in [0.2, 0.25) is 5.91 Å². The Balaban J connectivity index is 2.64. The number of nitrogens with zero attached hydrogens (tertiary/aromatic N) is 1. The van der Waals surface area contributed by atoms with Crippen LogP contribution in [0.2, 0.25) is 0 Å². The lowest BCUT2D eigenvalue weighted by Gasteiger charge is -2.23. The zero-order valence-electron chi connectivity index (χ0n) is 9.70. The topological polar surface area (TPSA) is 113 Å². The second-order valence-electron chi connectivity index (χ2n) is 4.09. The summed E-state index contributed by atoms with van der Waals surface area (Å²) in [6.07, 6.45) is -1.10. The van der Waals surface area contributed by atoms with Crippen LogP contribution in [-0.2, 0) is 14.3 Å². The summed E-state index contributed by atoms with van der Waals surface area (Å²) in [7, 11) is 1.44. The molecule has 98 valence electrons. The number of ether oxygens (including phenoxy) is 1. The SMILES string of the molecule is COC(CN)CC(=O)N1CC(O)C[C@H]1C(=O)O. The number of carboxylic acid groups (broad SMARTS) is 1. The van der Waals surface area contributed by atoms with E-state index in [9.17, 15) is 14.7 Å². The standard InChI is InChI=1S/C10H18N2O5/c1-17-7(4-11)3-9(14)12-5-6(13)2-8(12)10(15)16/h6-8,13H,2-5,11H2,1H3,(H,15,16)/t6?,7?,8-/m0/s1. The molecule has 0 aromatic carbocycles. The van der Waals surface area contributed by atoms with Crippen molar-refractivity contribution in [2.45, 2.75) is 31.1 Å². The van der Waals surface area contributed by atoms with Crippen LogP contribution in [-0.4, -0.2) is 65.4 Å². The summed E-state index contributed by atoms with van der Waals surface area (Å²) in [5, 5.41) is 18.3. The molecule has 0 aliphatic carbocycles. The number of rotatable bonds is 5. The Morgan fingerprint density at radius 1 is 1.59 bits per heavy atom. The molecule has 0 aromatic heterocycles. The van der Waals surface area contributed by atoms with Gasteiger partial charge in [-0.3, -0.25) is 4.79 Å². The number of carbonyl (C=O) groups excluding carboxylic acids is 1. The van der Waals surface area contributed by atoms with Gasteiger partial charge in [0, 0.05) is 26.6 Å². The number of β-amino-alcohol motifs (C(OH)–C–C–N with tert-alkyl or cyclic N) is 1. The minimum Gasteiger partial charge on any atom is -0.480 e. The monoisotopic (exact) mass is 246 g/mol. The summed E-state index contributed by atoms with van der Waals surface area (Å²) >= 11 is 0. The summed E-state index contributed by atoms with van der Waals surface area (Å²) in [5.74, 6) is -1.46. The van der Waals surface area contributed by atoms with Crippen molar-refractivity contribution in [3.05, 3.63) is 0 Å². The molecule has 0 radical (unpaired) electrons. The number of carbonyl (C=O) groups is 2. The van der Waals surface area contributed by atoms with Crippen molar-refractivity contribution >= 4 is 11.9 Å². The van der Waals surface area contributed by atoms with Crippen LogP contribution < -0.4 is 5.73 Å². The van der Waals surface area contributed by atoms with E-state index in [4.69, 9.17) is 15.6 Å². The normalized spacial score (nSPS) is 25.9. The van der Waals surface area contributed by atoms with Crippen molar-refractivity contribution in [1.29, 1.82) is 0 Å². The fourth-order valence-electron chi connectivity index (χ4n) is 1.90. The van der Waals surface area contributed by atoms with Gasteiger partial charge in [-0.25, -0.2) is 4.79 Å². The third-order valence-corrected chi connectivity index (χ3v) is 2.88. The fraction of sp³-hybridized carbons (Fsp3) is 0.800. The van der Waals surface area contributed by atoms with Crippen LogP contribution >= 0.6 is 0 Å². The Morgan fingerprint density at radius 2 is 2.24 bits per heavy atom. The molecule has 7 heteroatoms. The van der Waals surface area contributed by atoms with Gasteiger partial charge in [-0.2, -0.15) is 0 Å². The number of amides is 1. The van der Waals surface area contributed by atoms with E-state index in [-0.39, 0.29) is 31.8 Å². The number of carboxylic acids is 1. The molecule has 1 heterocycles. The molecule has 0 aromatic rings. The van der Waals surface area contributed by atoms with Crippen LogP contribution in [0.5, 0.6) is 0 Å². The highest BCUT2D eigenvalue weighted by molar-refractivity contribution is 5.84. The quantitative estimate of drug-likeness (QED) is 0.538. The van der Waals surface area contributed by atoms with Gasteiger partial charge in [0.15, 0.2) is 0 Å². The molecule has 0 spiro atoms. The number of hydrogen-bond donors (Lipinski definition) is 3. The van der Waals surface area contributed by atoms with E-state index in [0.29, 0.717) is 0 Å². The number of methoxy groups -OCH3 is 1. The molecule has 17 heavy (non-hydrogen) atoms. The largest absolute Gasteiger partial charge is 0.480 e. The number of aliphatic hydroxyl groups excluding tert-OH is 1. The van der Waals surface area contributed by atoms with E-state index < -0.39 is 24.2 Å². The van der Waals surface area contributed by atoms with Gasteiger partial charge in [-0.15, -0.1) is 0 Å². The summed E-state index contributed by atoms with van der Waals surface area (Å²) in [5.41, 5.74) is 5.39. The second-order valence-corrected chi connectivity index (χ2v) is 4.09. The molecule has 4 N–H and O–H groups in total. The Kier molecular flexibility index (Phi) is 4.86. The lowest BCUT2D eigenvalue weighted by Crippen LogP contribution is -2.42. The smallest absolute Gasteiger partial charge is 0.326 e. The highest BCUT2D eigenvalue weighted by Crippen LogP contribution is 2.19. The molecule has 1 fully saturated rings. The number of aliphatic carboxylic acids is 1. The highest BCUT2D eigenvalue weighted by Gasteiger charge is 2.39. The Morgan fingerprint density at radius 3 is 2.71 bits per heavy atom. The predicted octanol–water partition coefficient (Wildman–Crippen LogP) is -1.60. The Hall–Kier alpha value is -1.18. The van der Waals surface area contributed by atoms with E-state index in [0.717, 1.165) is 0 Å². The molecule has 2 unspecified atom stereocenters. The predicted molar refractivity (Wildman–Crippen MR) is 58.2 cm³/mol. The van der Waals surface area contributed by atoms with E-state index >= 15 is 0 Å². The number of nitrogens with two attached hydrogens (primary N) is 1. The van der Waals surface area contributed by atoms with Crippen LogP contribution in [0.15, 0.2) is 0 Å². The van der Waals surface area contributed by atoms with Gasteiger partial charge in [0.05, 0.1) is 18.6 Å². The minimum absolute atomic E-state index is 0.0312. The van der Waals surface area contributed by atoms with Gasteiger partial charge in [-0.05, 0) is 0 Å². The minimum atomic E-state index is -1.10. The Labute approximate surface area is 99.1 Å². The average Bonchev–Trinajstić information content (AvgIpc) is 2.68. The van der Waals surface area contributed by atoms with E-state index in [2.05, 4.69) is 0 Å². The maximum Gasteiger partial charge on any atom is 0.326 e. The third-order valence-electron chi connectivity index (χ3n) is 2.88. The van der Waals surface area contributed by atoms with Crippen molar-refractivity contribution < 1.29 is 24.5 Å². The van der Waals surface area contributed by atoms with Gasteiger partial charge < -0.3 is 25.6 Å². The summed E-state index contributed by atoms with van der Waals surface area (Å²) < 4.78 is 4.97. The van der Waals surface area contributed by atoms with Crippen molar-refractivity contribution in [1.82, 2.24) is 4.90 Å². The lowest BCUT2D eigenvalue weighted by molar-refractivity contribution is -0.149. The molecule has 7 nitrogen and oxygen atoms in total. The fourth-order valence-corrected chi connectivity index (χ4v) is 1.90. The summed E-state index contributed by atoms with van der Waals surface area (Å²) in [6, 6.07) is -0.951. The molecular weight excluding hydrogens is 228 g/mol. The number of likely N-dealkylation sites (tertiary alicyclic amines) is 1. The first-order valence-corrected chi connectivity index (χ1v) is 5.42. The molecule has 1 amide bonds. The van der Waals surface area contributed by atoms with Crippen LogP contribution in [0.3, 0.4) is 0 Å². The zero-order chi connectivity index (χ0) is 13.0. The van der Waals surface area contributed by atoms with Gasteiger partial charge in [0.25, 0.3) is 0 Å². The number of hydrogen-bond acceptors (Lipinski definition) is 5. The molecule has 1 saturated heterocycles. The van der Waals surface area contributed by atoms with Crippen LogP contribution in [0, 0.1) is 0 Å². The van der Waals surface area contributed by atoms with Crippen LogP contribution in [0.1, 0.15) is 12.8 Å². The number of aliphatic hydroxyl groups is 1. The first kappa shape index (κ1) is 13.9. The molecule has 1 aliphatic heterocycles. The average molecular weight is 246 g/mol. The third kappa shape index (κ3) is 3.39. The van der Waals surface area contributed by atoms with Crippen molar-refractivity contribution in [2.24, 2.45) is 5.73 Å². The van der Waals surface area contributed by atoms with Crippen molar-refractivity contribution in [3.8, 4) is 0 Å². The second kappa shape index (κ2) is 5.95. The molecule has 0 bridgehead atoms. The Bertz CT molecular complexity index is 292. The summed E-state index contributed by atoms with van der Waals surface area (Å²) in [6.45, 7) is 0.243. The van der Waals surface area contributed by atoms with Gasteiger partial charge in [-0.1, -0.05) is 0 Å². The molecule has 3 atom stereocenters. The van der Waals surface area contributed by atoms with E-state index in [1.54, 1.807) is 0 Å². The lowest BCUT2D eigenvalue weighted by atomic mass is 10.2.